The fourth-order valence-corrected chi connectivity index (χ4v) is 4.95. The molecular weight excluding hydrogens is 448 g/mol. The van der Waals surface area contributed by atoms with Crippen LogP contribution in [0.15, 0.2) is 57.2 Å². The van der Waals surface area contributed by atoms with Crippen LogP contribution in [0.5, 0.6) is 0 Å². The van der Waals surface area contributed by atoms with Crippen LogP contribution in [0.1, 0.15) is 4.88 Å². The number of piperazine rings is 1. The van der Waals surface area contributed by atoms with Crippen LogP contribution in [-0.2, 0) is 6.54 Å². The average molecular weight is 466 g/mol. The van der Waals surface area contributed by atoms with Gasteiger partial charge in [-0.25, -0.2) is 0 Å². The summed E-state index contributed by atoms with van der Waals surface area (Å²) >= 11 is 11.8. The van der Waals surface area contributed by atoms with Crippen LogP contribution in [0.25, 0.3) is 5.69 Å². The van der Waals surface area contributed by atoms with Gasteiger partial charge in [-0.2, -0.15) is 9.78 Å². The molecule has 3 heterocycles. The number of nitrogens with zero attached hydrogens (tertiary/aromatic N) is 4. The first-order chi connectivity index (χ1) is 13.1. The molecule has 1 aliphatic heterocycles. The molecule has 0 radical (unpaired) electrons. The molecule has 0 atom stereocenters. The summed E-state index contributed by atoms with van der Waals surface area (Å²) in [5, 5.41) is 6.66. The molecule has 0 N–H and O–H groups in total. The van der Waals surface area contributed by atoms with Gasteiger partial charge in [0.25, 0.3) is 5.56 Å². The second-order valence-corrected chi connectivity index (χ2v) is 8.58. The Bertz CT molecular complexity index is 983. The van der Waals surface area contributed by atoms with Crippen LogP contribution in [0.3, 0.4) is 0 Å². The van der Waals surface area contributed by atoms with E-state index in [9.17, 15) is 4.79 Å². The summed E-state index contributed by atoms with van der Waals surface area (Å²) in [5.74, 6) is 0. The van der Waals surface area contributed by atoms with E-state index in [0.29, 0.717) is 11.4 Å². The van der Waals surface area contributed by atoms with Crippen LogP contribution in [-0.4, -0.2) is 40.9 Å². The summed E-state index contributed by atoms with van der Waals surface area (Å²) in [4.78, 5) is 18.6. The van der Waals surface area contributed by atoms with Gasteiger partial charge in [0.15, 0.2) is 0 Å². The van der Waals surface area contributed by atoms with Gasteiger partial charge in [0.2, 0.25) is 0 Å². The van der Waals surface area contributed by atoms with Crippen molar-refractivity contribution in [2.45, 2.75) is 6.54 Å². The van der Waals surface area contributed by atoms with Crippen molar-refractivity contribution in [2.75, 3.05) is 31.1 Å². The molecule has 0 aliphatic carbocycles. The molecule has 0 bridgehead atoms. The van der Waals surface area contributed by atoms with Crippen molar-refractivity contribution in [2.24, 2.45) is 0 Å². The normalized spacial score (nSPS) is 15.3. The standard InChI is InChI=1S/C19H18BrClN4OS/c20-15-6-11-27-17(15)13-23-7-9-24(10-8-23)16-12-22-25(19(26)18(16)21)14-4-2-1-3-5-14/h1-6,11-12H,7-10,13H2. The Morgan fingerprint density at radius 2 is 1.85 bits per heavy atom. The van der Waals surface area contributed by atoms with Gasteiger partial charge >= 0.3 is 0 Å². The van der Waals surface area contributed by atoms with E-state index in [4.69, 9.17) is 11.6 Å². The minimum Gasteiger partial charge on any atom is -0.366 e. The lowest BCUT2D eigenvalue weighted by molar-refractivity contribution is 0.251. The number of hydrogen-bond acceptors (Lipinski definition) is 5. The van der Waals surface area contributed by atoms with Gasteiger partial charge in [-0.05, 0) is 39.5 Å². The molecule has 5 nitrogen and oxygen atoms in total. The molecule has 0 saturated carbocycles. The number of halogens is 2. The van der Waals surface area contributed by atoms with Gasteiger partial charge in [0.05, 0.1) is 17.6 Å². The van der Waals surface area contributed by atoms with E-state index in [0.717, 1.165) is 32.7 Å². The fourth-order valence-electron chi connectivity index (χ4n) is 3.19. The Balaban J connectivity index is 1.48. The summed E-state index contributed by atoms with van der Waals surface area (Å²) in [7, 11) is 0. The molecule has 3 aromatic rings. The maximum Gasteiger partial charge on any atom is 0.292 e. The number of rotatable bonds is 4. The second-order valence-electron chi connectivity index (χ2n) is 6.35. The minimum absolute atomic E-state index is 0.225. The van der Waals surface area contributed by atoms with Crippen molar-refractivity contribution >= 4 is 44.6 Å². The number of para-hydroxylation sites is 1. The molecule has 1 aromatic carbocycles. The molecule has 1 saturated heterocycles. The summed E-state index contributed by atoms with van der Waals surface area (Å²) in [6.45, 7) is 4.41. The molecule has 0 amide bonds. The first kappa shape index (κ1) is 18.7. The number of anilines is 1. The molecule has 4 rings (SSSR count). The highest BCUT2D eigenvalue weighted by Gasteiger charge is 2.22. The molecule has 8 heteroatoms. The maximum atomic E-state index is 12.7. The van der Waals surface area contributed by atoms with Crippen LogP contribution in [0, 0.1) is 0 Å². The van der Waals surface area contributed by atoms with Crippen LogP contribution in [0.2, 0.25) is 5.02 Å². The predicted molar refractivity (Wildman–Crippen MR) is 114 cm³/mol. The first-order valence-corrected chi connectivity index (χ1v) is 10.7. The van der Waals surface area contributed by atoms with Gasteiger partial charge < -0.3 is 4.90 Å². The molecular formula is C19H18BrClN4OS. The molecule has 0 unspecified atom stereocenters. The second kappa shape index (κ2) is 8.14. The highest BCUT2D eigenvalue weighted by Crippen LogP contribution is 2.26. The smallest absolute Gasteiger partial charge is 0.292 e. The van der Waals surface area contributed by atoms with Gasteiger partial charge in [-0.15, -0.1) is 11.3 Å². The van der Waals surface area contributed by atoms with Gasteiger partial charge in [-0.1, -0.05) is 29.8 Å². The Labute approximate surface area is 174 Å². The largest absolute Gasteiger partial charge is 0.366 e. The zero-order valence-corrected chi connectivity index (χ0v) is 17.7. The fraction of sp³-hybridized carbons (Fsp3) is 0.263. The molecule has 1 fully saturated rings. The first-order valence-electron chi connectivity index (χ1n) is 8.66. The monoisotopic (exact) mass is 464 g/mol. The zero-order chi connectivity index (χ0) is 18.8. The summed E-state index contributed by atoms with van der Waals surface area (Å²) in [6.07, 6.45) is 1.70. The third-order valence-electron chi connectivity index (χ3n) is 4.67. The molecule has 2 aromatic heterocycles. The molecule has 140 valence electrons. The van der Waals surface area contributed by atoms with Crippen LogP contribution >= 0.6 is 38.9 Å². The highest BCUT2D eigenvalue weighted by atomic mass is 79.9. The lowest BCUT2D eigenvalue weighted by Gasteiger charge is -2.36. The Morgan fingerprint density at radius 3 is 2.52 bits per heavy atom. The third-order valence-corrected chi connectivity index (χ3v) is 6.94. The van der Waals surface area contributed by atoms with Crippen molar-refractivity contribution < 1.29 is 0 Å². The third kappa shape index (κ3) is 3.96. The van der Waals surface area contributed by atoms with E-state index in [-0.39, 0.29) is 10.6 Å². The van der Waals surface area contributed by atoms with Gasteiger partial charge in [-0.3, -0.25) is 9.69 Å². The van der Waals surface area contributed by atoms with Crippen molar-refractivity contribution in [3.05, 3.63) is 72.7 Å². The van der Waals surface area contributed by atoms with Gasteiger partial charge in [0.1, 0.15) is 5.02 Å². The lowest BCUT2D eigenvalue weighted by atomic mass is 10.2. The quantitative estimate of drug-likeness (QED) is 0.583. The van der Waals surface area contributed by atoms with Crippen molar-refractivity contribution in [1.29, 1.82) is 0 Å². The van der Waals surface area contributed by atoms with E-state index in [1.807, 2.05) is 30.3 Å². The number of hydrogen-bond donors (Lipinski definition) is 0. The summed E-state index contributed by atoms with van der Waals surface area (Å²) in [6, 6.07) is 11.4. The SMILES string of the molecule is O=c1c(Cl)c(N2CCN(Cc3sccc3Br)CC2)cnn1-c1ccccc1. The Morgan fingerprint density at radius 1 is 1.11 bits per heavy atom. The van der Waals surface area contributed by atoms with Crippen molar-refractivity contribution in [1.82, 2.24) is 14.7 Å². The molecule has 27 heavy (non-hydrogen) atoms. The lowest BCUT2D eigenvalue weighted by Crippen LogP contribution is -2.46. The molecule has 0 spiro atoms. The number of benzene rings is 1. The minimum atomic E-state index is -0.287. The summed E-state index contributed by atoms with van der Waals surface area (Å²) in [5.41, 5.74) is 1.14. The Kier molecular flexibility index (Phi) is 5.63. The maximum absolute atomic E-state index is 12.7. The summed E-state index contributed by atoms with van der Waals surface area (Å²) < 4.78 is 2.52. The van der Waals surface area contributed by atoms with Gasteiger partial charge in [0, 0.05) is 42.1 Å². The number of aromatic nitrogens is 2. The van der Waals surface area contributed by atoms with E-state index in [1.165, 1.54) is 14.0 Å². The topological polar surface area (TPSA) is 41.4 Å². The van der Waals surface area contributed by atoms with E-state index < -0.39 is 0 Å². The molecule has 1 aliphatic rings. The Hall–Kier alpha value is -1.67. The van der Waals surface area contributed by atoms with E-state index in [1.54, 1.807) is 17.5 Å². The van der Waals surface area contributed by atoms with E-state index in [2.05, 4.69) is 42.3 Å². The predicted octanol–water partition coefficient (Wildman–Crippen LogP) is 4.03. The van der Waals surface area contributed by atoms with Crippen LogP contribution < -0.4 is 10.5 Å². The average Bonchev–Trinajstić information content (AvgIpc) is 3.10. The zero-order valence-electron chi connectivity index (χ0n) is 14.5. The number of thiophene rings is 1. The van der Waals surface area contributed by atoms with Crippen LogP contribution in [0.4, 0.5) is 5.69 Å². The highest BCUT2D eigenvalue weighted by molar-refractivity contribution is 9.10. The van der Waals surface area contributed by atoms with Crippen molar-refractivity contribution in [3.63, 3.8) is 0 Å². The van der Waals surface area contributed by atoms with Crippen molar-refractivity contribution in [3.8, 4) is 5.69 Å². The van der Waals surface area contributed by atoms with E-state index >= 15 is 0 Å².